The zero-order valence-electron chi connectivity index (χ0n) is 24.9. The van der Waals surface area contributed by atoms with Crippen LogP contribution in [0.5, 0.6) is 5.75 Å². The summed E-state index contributed by atoms with van der Waals surface area (Å²) >= 11 is 1.75. The van der Waals surface area contributed by atoms with E-state index >= 15 is 0 Å². The number of hydrogen-bond donors (Lipinski definition) is 0. The van der Waals surface area contributed by atoms with Gasteiger partial charge in [0.25, 0.3) is 0 Å². The Kier molecular flexibility index (Phi) is 16.9. The molecular formula is C34H49BrN2O2S. The van der Waals surface area contributed by atoms with Gasteiger partial charge >= 0.3 is 0 Å². The first-order valence-electron chi connectivity index (χ1n) is 15.1. The number of carbonyl (C=O) groups excluding carboxylic acids is 1. The second kappa shape index (κ2) is 19.8. The maximum atomic E-state index is 12.5. The predicted molar refractivity (Wildman–Crippen MR) is 165 cm³/mol. The molecule has 0 saturated carbocycles. The molecule has 40 heavy (non-hydrogen) atoms. The topological polar surface area (TPSA) is 33.4 Å². The van der Waals surface area contributed by atoms with Gasteiger partial charge in [0, 0.05) is 18.2 Å². The van der Waals surface area contributed by atoms with Crippen molar-refractivity contribution in [1.29, 1.82) is 0 Å². The second-order valence-corrected chi connectivity index (χ2v) is 11.9. The van der Waals surface area contributed by atoms with Gasteiger partial charge in [0.1, 0.15) is 5.75 Å². The number of ether oxygens (including phenoxy) is 1. The van der Waals surface area contributed by atoms with Gasteiger partial charge in [-0.15, -0.1) is 0 Å². The molecule has 0 saturated heterocycles. The number of halogens is 1. The molecule has 3 aromatic rings. The first kappa shape index (κ1) is 34.0. The van der Waals surface area contributed by atoms with Gasteiger partial charge in [-0.25, -0.2) is 0 Å². The number of aryl methyl sites for hydroxylation is 1. The van der Waals surface area contributed by atoms with Gasteiger partial charge in [0.15, 0.2) is 12.7 Å². The van der Waals surface area contributed by atoms with Crippen LogP contribution in [0.25, 0.3) is 0 Å². The summed E-state index contributed by atoms with van der Waals surface area (Å²) in [7, 11) is 0. The molecule has 2 aromatic carbocycles. The third-order valence-corrected chi connectivity index (χ3v) is 8.07. The summed E-state index contributed by atoms with van der Waals surface area (Å²) in [5.41, 5.74) is 5.40. The van der Waals surface area contributed by atoms with Crippen LogP contribution in [0.3, 0.4) is 0 Å². The van der Waals surface area contributed by atoms with Crippen LogP contribution in [0.4, 0.5) is 5.69 Å². The van der Waals surface area contributed by atoms with Gasteiger partial charge in [0.2, 0.25) is 11.4 Å². The lowest BCUT2D eigenvalue weighted by atomic mass is 10.1. The van der Waals surface area contributed by atoms with Crippen LogP contribution >= 0.6 is 11.3 Å². The number of carbonyl (C=O) groups is 1. The largest absolute Gasteiger partial charge is 1.00 e. The Bertz CT molecular complexity index is 1100. The molecule has 220 valence electrons. The van der Waals surface area contributed by atoms with Crippen LogP contribution in [0.15, 0.2) is 60.2 Å². The highest BCUT2D eigenvalue weighted by Crippen LogP contribution is 2.22. The van der Waals surface area contributed by atoms with Crippen molar-refractivity contribution in [2.45, 2.75) is 111 Å². The number of aromatic nitrogens is 1. The number of thiazole rings is 1. The molecular weight excluding hydrogens is 580 g/mol. The summed E-state index contributed by atoms with van der Waals surface area (Å²) in [4.78, 5) is 15.6. The van der Waals surface area contributed by atoms with E-state index in [2.05, 4.69) is 54.4 Å². The van der Waals surface area contributed by atoms with Gasteiger partial charge in [-0.2, -0.15) is 4.57 Å². The van der Waals surface area contributed by atoms with E-state index in [4.69, 9.17) is 4.74 Å². The lowest BCUT2D eigenvalue weighted by Gasteiger charge is -2.22. The third kappa shape index (κ3) is 13.0. The second-order valence-electron chi connectivity index (χ2n) is 10.8. The molecule has 0 spiro atoms. The third-order valence-electron chi connectivity index (χ3n) is 7.21. The minimum Gasteiger partial charge on any atom is -1.00 e. The minimum atomic E-state index is 0. The SMILES string of the molecule is CCCCCCCCCCCCCCOc1ccc(N(Cc2cccc(C[n+]3csc(C)c3)c2)C(C)=O)cc1.[Br-]. The minimum absolute atomic E-state index is 0. The Balaban J connectivity index is 0.00000560. The molecule has 3 rings (SSSR count). The van der Waals surface area contributed by atoms with Crippen molar-refractivity contribution in [2.75, 3.05) is 11.5 Å². The summed E-state index contributed by atoms with van der Waals surface area (Å²) in [6.07, 6.45) is 18.3. The first-order valence-corrected chi connectivity index (χ1v) is 16.0. The molecule has 0 unspecified atom stereocenters. The van der Waals surface area contributed by atoms with E-state index in [0.717, 1.165) is 36.6 Å². The highest BCUT2D eigenvalue weighted by atomic mass is 79.9. The Morgan fingerprint density at radius 2 is 1.45 bits per heavy atom. The van der Waals surface area contributed by atoms with Crippen molar-refractivity contribution in [1.82, 2.24) is 0 Å². The standard InChI is InChI=1S/C34H49N2O2S.BrH/c1-4-5-6-7-8-9-10-11-12-13-14-15-23-38-34-21-19-33(20-22-34)36(30(3)37)27-32-18-16-17-31(24-32)26-35-25-29(2)39-28-35;/h16-22,24-25,28H,4-15,23,26-27H2,1-3H3;1H/q+1;/p-1. The molecule has 0 radical (unpaired) electrons. The van der Waals surface area contributed by atoms with E-state index < -0.39 is 0 Å². The average molecular weight is 630 g/mol. The molecule has 0 atom stereocenters. The lowest BCUT2D eigenvalue weighted by Crippen LogP contribution is -3.00. The fourth-order valence-corrected chi connectivity index (χ4v) is 5.62. The van der Waals surface area contributed by atoms with Crippen molar-refractivity contribution in [3.63, 3.8) is 0 Å². The fraction of sp³-hybridized carbons (Fsp3) is 0.529. The van der Waals surface area contributed by atoms with Crippen molar-refractivity contribution < 1.29 is 31.1 Å². The van der Waals surface area contributed by atoms with Crippen LogP contribution in [-0.2, 0) is 17.9 Å². The molecule has 4 nitrogen and oxygen atoms in total. The molecule has 0 N–H and O–H groups in total. The predicted octanol–water partition coefficient (Wildman–Crippen LogP) is 6.03. The van der Waals surface area contributed by atoms with E-state index in [1.807, 2.05) is 29.2 Å². The van der Waals surface area contributed by atoms with Gasteiger partial charge < -0.3 is 26.6 Å². The Morgan fingerprint density at radius 3 is 2.02 bits per heavy atom. The number of benzene rings is 2. The number of rotatable bonds is 19. The first-order chi connectivity index (χ1) is 19.0. The van der Waals surface area contributed by atoms with Crippen LogP contribution in [0, 0.1) is 6.92 Å². The Morgan fingerprint density at radius 1 is 0.850 bits per heavy atom. The van der Waals surface area contributed by atoms with Gasteiger partial charge in [-0.05, 0) is 49.2 Å². The molecule has 0 aliphatic heterocycles. The normalized spacial score (nSPS) is 10.8. The molecule has 6 heteroatoms. The zero-order valence-corrected chi connectivity index (χ0v) is 27.3. The van der Waals surface area contributed by atoms with Crippen LogP contribution in [0.1, 0.15) is 107 Å². The quantitative estimate of drug-likeness (QED) is 0.120. The van der Waals surface area contributed by atoms with E-state index in [0.29, 0.717) is 6.54 Å². The summed E-state index contributed by atoms with van der Waals surface area (Å²) in [6.45, 7) is 8.17. The lowest BCUT2D eigenvalue weighted by molar-refractivity contribution is -0.683. The van der Waals surface area contributed by atoms with Gasteiger partial charge in [-0.1, -0.05) is 107 Å². The van der Waals surface area contributed by atoms with Crippen LogP contribution in [0.2, 0.25) is 0 Å². The van der Waals surface area contributed by atoms with E-state index in [1.54, 1.807) is 18.3 Å². The van der Waals surface area contributed by atoms with E-state index in [1.165, 1.54) is 81.1 Å². The van der Waals surface area contributed by atoms with E-state index in [9.17, 15) is 4.79 Å². The number of nitrogens with zero attached hydrogens (tertiary/aromatic N) is 2. The number of amides is 1. The van der Waals surface area contributed by atoms with Gasteiger partial charge in [-0.3, -0.25) is 4.79 Å². The zero-order chi connectivity index (χ0) is 27.7. The molecule has 0 aliphatic rings. The van der Waals surface area contributed by atoms with Crippen LogP contribution in [-0.4, -0.2) is 12.5 Å². The number of anilines is 1. The van der Waals surface area contributed by atoms with Crippen molar-refractivity contribution >= 4 is 22.9 Å². The highest BCUT2D eigenvalue weighted by molar-refractivity contribution is 7.09. The van der Waals surface area contributed by atoms with Crippen LogP contribution < -0.4 is 31.2 Å². The smallest absolute Gasteiger partial charge is 0.225 e. The molecule has 1 heterocycles. The van der Waals surface area contributed by atoms with Gasteiger partial charge in [0.05, 0.1) is 18.0 Å². The van der Waals surface area contributed by atoms with E-state index in [-0.39, 0.29) is 22.9 Å². The summed E-state index contributed by atoms with van der Waals surface area (Å²) in [5, 5.41) is 0. The maximum absolute atomic E-state index is 12.5. The summed E-state index contributed by atoms with van der Waals surface area (Å²) in [6, 6.07) is 16.5. The maximum Gasteiger partial charge on any atom is 0.225 e. The molecule has 1 aromatic heterocycles. The highest BCUT2D eigenvalue weighted by Gasteiger charge is 2.14. The summed E-state index contributed by atoms with van der Waals surface area (Å²) in [5.74, 6) is 0.906. The fourth-order valence-electron chi connectivity index (χ4n) is 4.99. The Labute approximate surface area is 257 Å². The Hall–Kier alpha value is -2.18. The molecule has 0 fully saturated rings. The monoisotopic (exact) mass is 628 g/mol. The molecule has 0 aliphatic carbocycles. The average Bonchev–Trinajstić information content (AvgIpc) is 3.34. The molecule has 1 amide bonds. The van der Waals surface area contributed by atoms with Crippen molar-refractivity contribution in [2.24, 2.45) is 0 Å². The van der Waals surface area contributed by atoms with Crippen molar-refractivity contribution in [3.8, 4) is 5.75 Å². The number of hydrogen-bond acceptors (Lipinski definition) is 3. The summed E-state index contributed by atoms with van der Waals surface area (Å²) < 4.78 is 8.19. The molecule has 0 bridgehead atoms. The number of unbranched alkanes of at least 4 members (excludes halogenated alkanes) is 11. The van der Waals surface area contributed by atoms with Crippen molar-refractivity contribution in [3.05, 3.63) is 76.2 Å².